The number of nitrogens with one attached hydrogen (secondary N) is 1. The fraction of sp³-hybridized carbons (Fsp3) is 0.231. The second-order valence-corrected chi connectivity index (χ2v) is 4.65. The van der Waals surface area contributed by atoms with E-state index in [9.17, 15) is 8.78 Å². The second-order valence-electron chi connectivity index (χ2n) is 3.87. The van der Waals surface area contributed by atoms with Gasteiger partial charge in [0.05, 0.1) is 6.04 Å². The molecule has 0 saturated carbocycles. The molecule has 1 heterocycles. The monoisotopic (exact) mass is 253 g/mol. The van der Waals surface area contributed by atoms with Gasteiger partial charge in [-0.1, -0.05) is 6.07 Å². The van der Waals surface area contributed by atoms with Crippen molar-refractivity contribution in [2.24, 2.45) is 0 Å². The van der Waals surface area contributed by atoms with Crippen LogP contribution in [-0.2, 0) is 0 Å². The molecule has 1 unspecified atom stereocenters. The lowest BCUT2D eigenvalue weighted by Gasteiger charge is -2.18. The summed E-state index contributed by atoms with van der Waals surface area (Å²) in [6.45, 7) is 1.64. The van der Waals surface area contributed by atoms with Crippen molar-refractivity contribution < 1.29 is 8.78 Å². The summed E-state index contributed by atoms with van der Waals surface area (Å²) in [7, 11) is 1.70. The summed E-state index contributed by atoms with van der Waals surface area (Å²) in [4.78, 5) is 0. The molecule has 0 aliphatic heterocycles. The van der Waals surface area contributed by atoms with E-state index in [4.69, 9.17) is 0 Å². The average Bonchev–Trinajstić information content (AvgIpc) is 2.83. The van der Waals surface area contributed by atoms with E-state index in [0.717, 1.165) is 5.56 Å². The number of rotatable bonds is 3. The minimum atomic E-state index is -0.515. The summed E-state index contributed by atoms with van der Waals surface area (Å²) >= 11 is 1.51. The minimum Gasteiger partial charge on any atom is -0.309 e. The zero-order valence-electron chi connectivity index (χ0n) is 9.63. The molecule has 0 spiro atoms. The zero-order chi connectivity index (χ0) is 12.4. The van der Waals surface area contributed by atoms with Crippen LogP contribution in [0.4, 0.5) is 8.78 Å². The van der Waals surface area contributed by atoms with Gasteiger partial charge >= 0.3 is 0 Å². The van der Waals surface area contributed by atoms with Crippen molar-refractivity contribution in [2.75, 3.05) is 7.05 Å². The highest BCUT2D eigenvalue weighted by molar-refractivity contribution is 7.08. The van der Waals surface area contributed by atoms with Crippen molar-refractivity contribution in [3.63, 3.8) is 0 Å². The van der Waals surface area contributed by atoms with Crippen molar-refractivity contribution in [3.05, 3.63) is 57.3 Å². The maximum absolute atomic E-state index is 14.0. The SMILES string of the molecule is CNC(c1ccsc1)c1c(F)ccc(C)c1F. The standard InChI is InChI=1S/C13H13F2NS/c1-8-3-4-10(14)11(12(8)15)13(16-2)9-5-6-17-7-9/h3-7,13,16H,1-2H3. The van der Waals surface area contributed by atoms with Crippen LogP contribution in [0, 0.1) is 18.6 Å². The van der Waals surface area contributed by atoms with Crippen LogP contribution >= 0.6 is 11.3 Å². The van der Waals surface area contributed by atoms with E-state index in [1.807, 2.05) is 16.8 Å². The largest absolute Gasteiger partial charge is 0.309 e. The summed E-state index contributed by atoms with van der Waals surface area (Å²) in [5.41, 5.74) is 1.42. The Hall–Kier alpha value is -1.26. The number of halogens is 2. The number of thiophene rings is 1. The van der Waals surface area contributed by atoms with Crippen molar-refractivity contribution in [1.29, 1.82) is 0 Å². The summed E-state index contributed by atoms with van der Waals surface area (Å²) < 4.78 is 27.8. The number of aryl methyl sites for hydroxylation is 1. The van der Waals surface area contributed by atoms with Gasteiger partial charge in [0.2, 0.25) is 0 Å². The Bertz CT molecular complexity index is 508. The molecule has 0 fully saturated rings. The highest BCUT2D eigenvalue weighted by Gasteiger charge is 2.21. The Morgan fingerprint density at radius 1 is 1.24 bits per heavy atom. The maximum Gasteiger partial charge on any atom is 0.134 e. The molecule has 0 radical (unpaired) electrons. The van der Waals surface area contributed by atoms with E-state index < -0.39 is 17.7 Å². The number of hydrogen-bond acceptors (Lipinski definition) is 2. The van der Waals surface area contributed by atoms with E-state index in [1.165, 1.54) is 23.5 Å². The topological polar surface area (TPSA) is 12.0 Å². The molecule has 2 aromatic rings. The van der Waals surface area contributed by atoms with Gasteiger partial charge in [-0.15, -0.1) is 0 Å². The van der Waals surface area contributed by atoms with Crippen LogP contribution in [0.15, 0.2) is 29.0 Å². The summed E-state index contributed by atoms with van der Waals surface area (Å²) in [6.07, 6.45) is 0. The fourth-order valence-electron chi connectivity index (χ4n) is 1.86. The zero-order valence-corrected chi connectivity index (χ0v) is 10.4. The van der Waals surface area contributed by atoms with Gasteiger partial charge in [-0.3, -0.25) is 0 Å². The first-order chi connectivity index (χ1) is 8.15. The van der Waals surface area contributed by atoms with Crippen molar-refractivity contribution in [2.45, 2.75) is 13.0 Å². The lowest BCUT2D eigenvalue weighted by Crippen LogP contribution is -2.20. The van der Waals surface area contributed by atoms with Crippen LogP contribution < -0.4 is 5.32 Å². The fourth-order valence-corrected chi connectivity index (χ4v) is 2.55. The lowest BCUT2D eigenvalue weighted by atomic mass is 9.98. The lowest BCUT2D eigenvalue weighted by molar-refractivity contribution is 0.518. The van der Waals surface area contributed by atoms with Crippen LogP contribution in [0.1, 0.15) is 22.7 Å². The Balaban J connectivity index is 2.55. The first-order valence-electron chi connectivity index (χ1n) is 5.29. The van der Waals surface area contributed by atoms with Crippen LogP contribution in [0.3, 0.4) is 0 Å². The van der Waals surface area contributed by atoms with Crippen molar-refractivity contribution >= 4 is 11.3 Å². The Labute approximate surface area is 103 Å². The van der Waals surface area contributed by atoms with Gasteiger partial charge < -0.3 is 5.32 Å². The van der Waals surface area contributed by atoms with Gasteiger partial charge in [-0.25, -0.2) is 8.78 Å². The van der Waals surface area contributed by atoms with Crippen LogP contribution in [0.25, 0.3) is 0 Å². The van der Waals surface area contributed by atoms with Gasteiger partial charge in [0.15, 0.2) is 0 Å². The third kappa shape index (κ3) is 2.23. The van der Waals surface area contributed by atoms with E-state index in [1.54, 1.807) is 14.0 Å². The molecule has 1 atom stereocenters. The predicted molar refractivity (Wildman–Crippen MR) is 66.3 cm³/mol. The van der Waals surface area contributed by atoms with Gasteiger partial charge in [0.25, 0.3) is 0 Å². The smallest absolute Gasteiger partial charge is 0.134 e. The third-order valence-corrected chi connectivity index (χ3v) is 3.47. The van der Waals surface area contributed by atoms with Gasteiger partial charge in [0, 0.05) is 5.56 Å². The summed E-state index contributed by atoms with van der Waals surface area (Å²) in [5, 5.41) is 6.74. The van der Waals surface area contributed by atoms with E-state index >= 15 is 0 Å². The van der Waals surface area contributed by atoms with Crippen LogP contribution in [-0.4, -0.2) is 7.05 Å². The molecular weight excluding hydrogens is 240 g/mol. The third-order valence-electron chi connectivity index (χ3n) is 2.77. The number of benzene rings is 1. The molecule has 2 rings (SSSR count). The molecule has 1 aromatic heterocycles. The molecular formula is C13H13F2NS. The molecule has 17 heavy (non-hydrogen) atoms. The quantitative estimate of drug-likeness (QED) is 0.880. The predicted octanol–water partition coefficient (Wildman–Crippen LogP) is 3.64. The molecule has 1 aromatic carbocycles. The van der Waals surface area contributed by atoms with Crippen LogP contribution in [0.5, 0.6) is 0 Å². The normalized spacial score (nSPS) is 12.7. The minimum absolute atomic E-state index is 0.0888. The van der Waals surface area contributed by atoms with Crippen molar-refractivity contribution in [1.82, 2.24) is 5.32 Å². The van der Waals surface area contributed by atoms with Crippen LogP contribution in [0.2, 0.25) is 0 Å². The summed E-state index contributed by atoms with van der Waals surface area (Å²) in [5.74, 6) is -0.991. The molecule has 4 heteroatoms. The first kappa shape index (κ1) is 12.2. The molecule has 1 nitrogen and oxygen atoms in total. The highest BCUT2D eigenvalue weighted by atomic mass is 32.1. The molecule has 0 amide bonds. The second kappa shape index (κ2) is 4.94. The Morgan fingerprint density at radius 2 is 2.00 bits per heavy atom. The summed E-state index contributed by atoms with van der Waals surface area (Å²) in [6, 6.07) is 4.19. The van der Waals surface area contributed by atoms with E-state index in [-0.39, 0.29) is 5.56 Å². The highest BCUT2D eigenvalue weighted by Crippen LogP contribution is 2.29. The Kier molecular flexibility index (Phi) is 3.54. The molecule has 1 N–H and O–H groups in total. The molecule has 0 bridgehead atoms. The van der Waals surface area contributed by atoms with Gasteiger partial charge in [-0.2, -0.15) is 11.3 Å². The molecule has 0 saturated heterocycles. The number of hydrogen-bond donors (Lipinski definition) is 1. The van der Waals surface area contributed by atoms with Crippen molar-refractivity contribution in [3.8, 4) is 0 Å². The molecule has 0 aliphatic carbocycles. The van der Waals surface area contributed by atoms with Gasteiger partial charge in [-0.05, 0) is 48.0 Å². The van der Waals surface area contributed by atoms with Gasteiger partial charge in [0.1, 0.15) is 11.6 Å². The van der Waals surface area contributed by atoms with E-state index in [0.29, 0.717) is 5.56 Å². The maximum atomic E-state index is 14.0. The first-order valence-corrected chi connectivity index (χ1v) is 6.23. The average molecular weight is 253 g/mol. The van der Waals surface area contributed by atoms with E-state index in [2.05, 4.69) is 5.32 Å². The molecule has 90 valence electrons. The molecule has 0 aliphatic rings. The Morgan fingerprint density at radius 3 is 2.59 bits per heavy atom.